The summed E-state index contributed by atoms with van der Waals surface area (Å²) < 4.78 is 26.2. The van der Waals surface area contributed by atoms with Crippen molar-refractivity contribution in [2.24, 2.45) is 5.92 Å². The Kier molecular flexibility index (Phi) is 4.87. The van der Waals surface area contributed by atoms with E-state index in [0.717, 1.165) is 12.5 Å². The zero-order valence-electron chi connectivity index (χ0n) is 10.1. The summed E-state index contributed by atoms with van der Waals surface area (Å²) in [6.07, 6.45) is 1.07. The highest BCUT2D eigenvalue weighted by Gasteiger charge is 2.11. The zero-order chi connectivity index (χ0) is 12.1. The van der Waals surface area contributed by atoms with Gasteiger partial charge in [0.25, 0.3) is 0 Å². The quantitative estimate of drug-likeness (QED) is 0.812. The Balaban J connectivity index is 2.58. The molecule has 2 unspecified atom stereocenters. The molecule has 1 rings (SSSR count). The lowest BCUT2D eigenvalue weighted by Gasteiger charge is -2.20. The van der Waals surface area contributed by atoms with Gasteiger partial charge in [-0.2, -0.15) is 0 Å². The summed E-state index contributed by atoms with van der Waals surface area (Å²) in [5, 5.41) is 3.21. The van der Waals surface area contributed by atoms with E-state index >= 15 is 0 Å². The van der Waals surface area contributed by atoms with E-state index in [1.807, 2.05) is 0 Å². The van der Waals surface area contributed by atoms with Crippen LogP contribution in [-0.2, 0) is 6.54 Å². The Morgan fingerprint density at radius 3 is 2.56 bits per heavy atom. The van der Waals surface area contributed by atoms with Crippen LogP contribution < -0.4 is 5.32 Å². The van der Waals surface area contributed by atoms with Crippen molar-refractivity contribution < 1.29 is 8.78 Å². The van der Waals surface area contributed by atoms with Gasteiger partial charge < -0.3 is 5.32 Å². The fourth-order valence-electron chi connectivity index (χ4n) is 1.51. The standard InChI is InChI=1S/C13H19F2N/c1-4-9(2)10(3)16-8-11-6-5-7-12(14)13(11)15/h5-7,9-10,16H,4,8H2,1-3H3. The van der Waals surface area contributed by atoms with Crippen molar-refractivity contribution in [1.29, 1.82) is 0 Å². The molecule has 1 aromatic rings. The normalized spacial score (nSPS) is 14.8. The molecule has 2 atom stereocenters. The highest BCUT2D eigenvalue weighted by atomic mass is 19.2. The van der Waals surface area contributed by atoms with Crippen molar-refractivity contribution in [3.8, 4) is 0 Å². The molecule has 0 aliphatic heterocycles. The molecule has 0 saturated carbocycles. The van der Waals surface area contributed by atoms with Crippen molar-refractivity contribution in [3.63, 3.8) is 0 Å². The lowest BCUT2D eigenvalue weighted by Crippen LogP contribution is -2.31. The van der Waals surface area contributed by atoms with E-state index in [9.17, 15) is 8.78 Å². The summed E-state index contributed by atoms with van der Waals surface area (Å²) in [7, 11) is 0. The van der Waals surface area contributed by atoms with Gasteiger partial charge in [-0.3, -0.25) is 0 Å². The summed E-state index contributed by atoms with van der Waals surface area (Å²) in [6, 6.07) is 4.57. The van der Waals surface area contributed by atoms with Crippen LogP contribution in [0.2, 0.25) is 0 Å². The summed E-state index contributed by atoms with van der Waals surface area (Å²) in [6.45, 7) is 6.69. The van der Waals surface area contributed by atoms with Crippen LogP contribution in [-0.4, -0.2) is 6.04 Å². The van der Waals surface area contributed by atoms with Gasteiger partial charge in [0.2, 0.25) is 0 Å². The Hall–Kier alpha value is -0.960. The van der Waals surface area contributed by atoms with Gasteiger partial charge in [-0.05, 0) is 18.9 Å². The first-order valence-corrected chi connectivity index (χ1v) is 5.72. The second-order valence-electron chi connectivity index (χ2n) is 4.27. The highest BCUT2D eigenvalue weighted by Crippen LogP contribution is 2.12. The maximum Gasteiger partial charge on any atom is 0.163 e. The van der Waals surface area contributed by atoms with Crippen LogP contribution in [0.3, 0.4) is 0 Å². The van der Waals surface area contributed by atoms with E-state index in [-0.39, 0.29) is 0 Å². The van der Waals surface area contributed by atoms with Gasteiger partial charge >= 0.3 is 0 Å². The lowest BCUT2D eigenvalue weighted by atomic mass is 10.0. The summed E-state index contributed by atoms with van der Waals surface area (Å²) >= 11 is 0. The second kappa shape index (κ2) is 5.94. The Bertz CT molecular complexity index is 339. The fourth-order valence-corrected chi connectivity index (χ4v) is 1.51. The first-order chi connectivity index (χ1) is 7.56. The van der Waals surface area contributed by atoms with Gasteiger partial charge in [0.1, 0.15) is 0 Å². The van der Waals surface area contributed by atoms with Gasteiger partial charge in [-0.25, -0.2) is 8.78 Å². The summed E-state index contributed by atoms with van der Waals surface area (Å²) in [4.78, 5) is 0. The van der Waals surface area contributed by atoms with Crippen LogP contribution in [0.5, 0.6) is 0 Å². The number of rotatable bonds is 5. The molecule has 0 aromatic heterocycles. The smallest absolute Gasteiger partial charge is 0.163 e. The van der Waals surface area contributed by atoms with Crippen LogP contribution in [0, 0.1) is 17.6 Å². The molecule has 0 radical (unpaired) electrons. The first-order valence-electron chi connectivity index (χ1n) is 5.72. The molecule has 1 aromatic carbocycles. The molecule has 1 N–H and O–H groups in total. The molecule has 0 bridgehead atoms. The topological polar surface area (TPSA) is 12.0 Å². The van der Waals surface area contributed by atoms with Gasteiger partial charge in [0.15, 0.2) is 11.6 Å². The van der Waals surface area contributed by atoms with Gasteiger partial charge in [-0.15, -0.1) is 0 Å². The van der Waals surface area contributed by atoms with Crippen molar-refractivity contribution in [1.82, 2.24) is 5.32 Å². The predicted molar refractivity (Wildman–Crippen MR) is 62.1 cm³/mol. The molecule has 16 heavy (non-hydrogen) atoms. The molecule has 0 amide bonds. The molecule has 3 heteroatoms. The van der Waals surface area contributed by atoms with Gasteiger partial charge in [-0.1, -0.05) is 32.4 Å². The van der Waals surface area contributed by atoms with Crippen molar-refractivity contribution >= 4 is 0 Å². The molecular weight excluding hydrogens is 208 g/mol. The van der Waals surface area contributed by atoms with Crippen LogP contribution in [0.15, 0.2) is 18.2 Å². The fraction of sp³-hybridized carbons (Fsp3) is 0.538. The lowest BCUT2D eigenvalue weighted by molar-refractivity contribution is 0.384. The third kappa shape index (κ3) is 3.27. The highest BCUT2D eigenvalue weighted by molar-refractivity contribution is 5.18. The van der Waals surface area contributed by atoms with Crippen molar-refractivity contribution in [3.05, 3.63) is 35.4 Å². The van der Waals surface area contributed by atoms with Crippen LogP contribution in [0.1, 0.15) is 32.8 Å². The summed E-state index contributed by atoms with van der Waals surface area (Å²) in [5.41, 5.74) is 0.384. The van der Waals surface area contributed by atoms with Crippen LogP contribution >= 0.6 is 0 Å². The van der Waals surface area contributed by atoms with Crippen LogP contribution in [0.25, 0.3) is 0 Å². The van der Waals surface area contributed by atoms with Gasteiger partial charge in [0, 0.05) is 18.2 Å². The molecule has 1 nitrogen and oxygen atoms in total. The average Bonchev–Trinajstić information content (AvgIpc) is 2.29. The monoisotopic (exact) mass is 227 g/mol. The van der Waals surface area contributed by atoms with E-state index in [1.165, 1.54) is 6.07 Å². The zero-order valence-corrected chi connectivity index (χ0v) is 10.1. The number of nitrogens with one attached hydrogen (secondary N) is 1. The molecule has 0 fully saturated rings. The second-order valence-corrected chi connectivity index (χ2v) is 4.27. The molecule has 0 aliphatic carbocycles. The number of hydrogen-bond donors (Lipinski definition) is 1. The molecule has 0 heterocycles. The third-order valence-electron chi connectivity index (χ3n) is 3.14. The maximum atomic E-state index is 13.3. The van der Waals surface area contributed by atoms with E-state index in [0.29, 0.717) is 24.1 Å². The first kappa shape index (κ1) is 13.1. The number of halogens is 2. The molecular formula is C13H19F2N. The number of hydrogen-bond acceptors (Lipinski definition) is 1. The molecule has 90 valence electrons. The van der Waals surface area contributed by atoms with Crippen molar-refractivity contribution in [2.45, 2.75) is 39.8 Å². The van der Waals surface area contributed by atoms with E-state index in [4.69, 9.17) is 0 Å². The molecule has 0 aliphatic rings. The Morgan fingerprint density at radius 2 is 1.94 bits per heavy atom. The Labute approximate surface area is 95.9 Å². The van der Waals surface area contributed by atoms with Crippen LogP contribution in [0.4, 0.5) is 8.78 Å². The largest absolute Gasteiger partial charge is 0.310 e. The molecule has 0 spiro atoms. The summed E-state index contributed by atoms with van der Waals surface area (Å²) in [5.74, 6) is -1.00. The van der Waals surface area contributed by atoms with E-state index < -0.39 is 11.6 Å². The molecule has 0 saturated heterocycles. The van der Waals surface area contributed by atoms with Gasteiger partial charge in [0.05, 0.1) is 0 Å². The maximum absolute atomic E-state index is 13.3. The minimum atomic E-state index is -0.782. The third-order valence-corrected chi connectivity index (χ3v) is 3.14. The average molecular weight is 227 g/mol. The van der Waals surface area contributed by atoms with Crippen molar-refractivity contribution in [2.75, 3.05) is 0 Å². The SMILES string of the molecule is CCC(C)C(C)NCc1cccc(F)c1F. The number of benzene rings is 1. The van der Waals surface area contributed by atoms with E-state index in [2.05, 4.69) is 26.1 Å². The predicted octanol–water partition coefficient (Wildman–Crippen LogP) is 3.49. The Morgan fingerprint density at radius 1 is 1.25 bits per heavy atom. The van der Waals surface area contributed by atoms with E-state index in [1.54, 1.807) is 6.07 Å². The minimum absolute atomic E-state index is 0.299. The minimum Gasteiger partial charge on any atom is -0.310 e.